The SMILES string of the molecule is CCC(Pc1ccc(C)cc1C=NC)c1cc(C(C)(C)C)cc(C)c1O. The second kappa shape index (κ2) is 8.35. The minimum absolute atomic E-state index is 0.0680. The Balaban J connectivity index is 2.49. The molecule has 0 heterocycles. The van der Waals surface area contributed by atoms with Crippen molar-refractivity contribution < 1.29 is 5.11 Å². The van der Waals surface area contributed by atoms with Gasteiger partial charge in [0.15, 0.2) is 0 Å². The van der Waals surface area contributed by atoms with E-state index in [1.165, 1.54) is 22.0 Å². The second-order valence-electron chi connectivity index (χ2n) is 8.06. The van der Waals surface area contributed by atoms with Crippen molar-refractivity contribution in [1.82, 2.24) is 0 Å². The van der Waals surface area contributed by atoms with Crippen molar-refractivity contribution in [2.45, 2.75) is 59.0 Å². The van der Waals surface area contributed by atoms with Crippen molar-refractivity contribution in [2.75, 3.05) is 7.05 Å². The first-order valence-corrected chi connectivity index (χ1v) is 10.4. The molecule has 0 saturated heterocycles. The summed E-state index contributed by atoms with van der Waals surface area (Å²) < 4.78 is 0. The number of aromatic hydroxyl groups is 1. The van der Waals surface area contributed by atoms with Crippen LogP contribution in [0.1, 0.15) is 67.6 Å². The van der Waals surface area contributed by atoms with E-state index < -0.39 is 0 Å². The molecule has 2 aromatic carbocycles. The Morgan fingerprint density at radius 3 is 2.42 bits per heavy atom. The average Bonchev–Trinajstić information content (AvgIpc) is 2.56. The molecule has 0 aliphatic rings. The molecule has 2 rings (SSSR count). The minimum Gasteiger partial charge on any atom is -0.507 e. The van der Waals surface area contributed by atoms with Crippen molar-refractivity contribution in [1.29, 1.82) is 0 Å². The molecule has 2 unspecified atom stereocenters. The molecule has 3 heteroatoms. The number of benzene rings is 2. The molecule has 0 aliphatic carbocycles. The third-order valence-corrected chi connectivity index (χ3v) is 6.62. The van der Waals surface area contributed by atoms with Crippen LogP contribution in [-0.4, -0.2) is 18.4 Å². The molecule has 0 fully saturated rings. The van der Waals surface area contributed by atoms with Gasteiger partial charge < -0.3 is 5.11 Å². The van der Waals surface area contributed by atoms with Crippen LogP contribution in [0.4, 0.5) is 0 Å². The van der Waals surface area contributed by atoms with Crippen molar-refractivity contribution in [2.24, 2.45) is 4.99 Å². The van der Waals surface area contributed by atoms with Gasteiger partial charge in [0.05, 0.1) is 0 Å². The van der Waals surface area contributed by atoms with Crippen molar-refractivity contribution in [3.05, 3.63) is 58.1 Å². The molecule has 2 aromatic rings. The van der Waals surface area contributed by atoms with E-state index in [1.807, 2.05) is 20.2 Å². The summed E-state index contributed by atoms with van der Waals surface area (Å²) in [6.07, 6.45) is 2.94. The Kier molecular flexibility index (Phi) is 6.64. The van der Waals surface area contributed by atoms with Crippen LogP contribution < -0.4 is 5.30 Å². The fraction of sp³-hybridized carbons (Fsp3) is 0.435. The second-order valence-corrected chi connectivity index (χ2v) is 9.59. The smallest absolute Gasteiger partial charge is 0.122 e. The number of aliphatic imine (C=N–C) groups is 1. The lowest BCUT2D eigenvalue weighted by Crippen LogP contribution is -2.13. The maximum atomic E-state index is 10.8. The normalized spacial score (nSPS) is 13.8. The lowest BCUT2D eigenvalue weighted by Gasteiger charge is -2.25. The Bertz CT molecular complexity index is 803. The number of nitrogens with zero attached hydrogens (tertiary/aromatic N) is 1. The summed E-state index contributed by atoms with van der Waals surface area (Å²) in [7, 11) is 2.41. The van der Waals surface area contributed by atoms with E-state index in [2.05, 4.69) is 69.9 Å². The predicted molar refractivity (Wildman–Crippen MR) is 117 cm³/mol. The van der Waals surface area contributed by atoms with Crippen molar-refractivity contribution >= 4 is 20.1 Å². The zero-order valence-corrected chi connectivity index (χ0v) is 18.1. The first-order valence-electron chi connectivity index (χ1n) is 9.30. The van der Waals surface area contributed by atoms with E-state index in [4.69, 9.17) is 0 Å². The molecule has 1 N–H and O–H groups in total. The third-order valence-electron chi connectivity index (χ3n) is 4.78. The van der Waals surface area contributed by atoms with Gasteiger partial charge in [-0.25, -0.2) is 0 Å². The number of rotatable bonds is 5. The number of hydrogen-bond donors (Lipinski definition) is 1. The van der Waals surface area contributed by atoms with Crippen LogP contribution in [-0.2, 0) is 5.41 Å². The molecular formula is C23H32NOP. The zero-order chi connectivity index (χ0) is 19.5. The van der Waals surface area contributed by atoms with Gasteiger partial charge in [0.2, 0.25) is 0 Å². The van der Waals surface area contributed by atoms with E-state index in [1.54, 1.807) is 0 Å². The topological polar surface area (TPSA) is 32.6 Å². The van der Waals surface area contributed by atoms with Gasteiger partial charge >= 0.3 is 0 Å². The molecule has 2 atom stereocenters. The summed E-state index contributed by atoms with van der Waals surface area (Å²) in [5, 5.41) is 12.1. The van der Waals surface area contributed by atoms with E-state index in [-0.39, 0.29) is 5.41 Å². The van der Waals surface area contributed by atoms with Gasteiger partial charge in [0.1, 0.15) is 5.75 Å². The quantitative estimate of drug-likeness (QED) is 0.523. The fourth-order valence-corrected chi connectivity index (χ4v) is 4.59. The third kappa shape index (κ3) is 4.74. The van der Waals surface area contributed by atoms with E-state index >= 15 is 0 Å². The summed E-state index contributed by atoms with van der Waals surface area (Å²) in [5.74, 6) is 0.454. The lowest BCUT2D eigenvalue weighted by atomic mass is 9.84. The minimum atomic E-state index is 0.0680. The summed E-state index contributed by atoms with van der Waals surface area (Å²) in [5.41, 5.74) is 6.14. The van der Waals surface area contributed by atoms with Crippen LogP contribution in [0.2, 0.25) is 0 Å². The Labute approximate surface area is 160 Å². The Morgan fingerprint density at radius 1 is 1.15 bits per heavy atom. The maximum absolute atomic E-state index is 10.8. The van der Waals surface area contributed by atoms with Crippen LogP contribution in [0.15, 0.2) is 35.3 Å². The molecule has 0 aliphatic heterocycles. The first-order chi connectivity index (χ1) is 12.2. The number of phenolic OH excluding ortho intramolecular Hbond substituents is 1. The highest BCUT2D eigenvalue weighted by Crippen LogP contribution is 2.44. The fourth-order valence-electron chi connectivity index (χ4n) is 3.15. The highest BCUT2D eigenvalue weighted by Gasteiger charge is 2.22. The molecule has 0 spiro atoms. The lowest BCUT2D eigenvalue weighted by molar-refractivity contribution is 0.461. The summed E-state index contributed by atoms with van der Waals surface area (Å²) in [6, 6.07) is 10.9. The largest absolute Gasteiger partial charge is 0.507 e. The van der Waals surface area contributed by atoms with Crippen LogP contribution in [0.25, 0.3) is 0 Å². The summed E-state index contributed by atoms with van der Waals surface area (Å²) in [6.45, 7) is 13.0. The molecule has 0 radical (unpaired) electrons. The Morgan fingerprint density at radius 2 is 1.85 bits per heavy atom. The van der Waals surface area contributed by atoms with Gasteiger partial charge in [0.25, 0.3) is 0 Å². The molecule has 2 nitrogen and oxygen atoms in total. The van der Waals surface area contributed by atoms with Gasteiger partial charge in [-0.3, -0.25) is 4.99 Å². The molecule has 0 saturated carbocycles. The first kappa shape index (κ1) is 20.6. The molecular weight excluding hydrogens is 337 g/mol. The maximum Gasteiger partial charge on any atom is 0.122 e. The summed E-state index contributed by atoms with van der Waals surface area (Å²) >= 11 is 0. The molecule has 0 aromatic heterocycles. The zero-order valence-electron chi connectivity index (χ0n) is 17.1. The molecule has 140 valence electrons. The van der Waals surface area contributed by atoms with E-state index in [0.717, 1.165) is 17.5 Å². The monoisotopic (exact) mass is 369 g/mol. The van der Waals surface area contributed by atoms with Gasteiger partial charge in [-0.05, 0) is 53.7 Å². The Hall–Kier alpha value is -1.66. The average molecular weight is 369 g/mol. The molecule has 0 bridgehead atoms. The van der Waals surface area contributed by atoms with Crippen LogP contribution >= 0.6 is 8.58 Å². The molecule has 26 heavy (non-hydrogen) atoms. The predicted octanol–water partition coefficient (Wildman–Crippen LogP) is 5.81. The highest BCUT2D eigenvalue weighted by molar-refractivity contribution is 7.47. The van der Waals surface area contributed by atoms with E-state index in [0.29, 0.717) is 20.0 Å². The van der Waals surface area contributed by atoms with Crippen molar-refractivity contribution in [3.63, 3.8) is 0 Å². The van der Waals surface area contributed by atoms with Gasteiger partial charge in [-0.1, -0.05) is 66.1 Å². The molecule has 0 amide bonds. The van der Waals surface area contributed by atoms with Crippen LogP contribution in [0, 0.1) is 13.8 Å². The number of hydrogen-bond acceptors (Lipinski definition) is 2. The van der Waals surface area contributed by atoms with Gasteiger partial charge in [-0.2, -0.15) is 0 Å². The highest BCUT2D eigenvalue weighted by atomic mass is 31.1. The van der Waals surface area contributed by atoms with Crippen molar-refractivity contribution in [3.8, 4) is 5.75 Å². The number of aryl methyl sites for hydroxylation is 2. The van der Waals surface area contributed by atoms with E-state index in [9.17, 15) is 5.11 Å². The van der Waals surface area contributed by atoms with Gasteiger partial charge in [-0.15, -0.1) is 0 Å². The summed E-state index contributed by atoms with van der Waals surface area (Å²) in [4.78, 5) is 4.22. The van der Waals surface area contributed by atoms with Crippen LogP contribution in [0.5, 0.6) is 5.75 Å². The van der Waals surface area contributed by atoms with Gasteiger partial charge in [0, 0.05) is 24.5 Å². The van der Waals surface area contributed by atoms with Crippen LogP contribution in [0.3, 0.4) is 0 Å². The number of phenols is 1. The standard InChI is InChI=1S/C23H32NOP/c1-8-20(26-21-10-9-15(2)11-17(21)14-24-7)19-13-18(23(4,5)6)12-16(3)22(19)25/h9-14,20,25-26H,8H2,1-7H3.